The Labute approximate surface area is 122 Å². The highest BCUT2D eigenvalue weighted by Gasteiger charge is 2.32. The molecule has 1 aromatic carbocycles. The van der Waals surface area contributed by atoms with Gasteiger partial charge in [-0.25, -0.2) is 0 Å². The number of nitrogens with zero attached hydrogens (tertiary/aromatic N) is 1. The van der Waals surface area contributed by atoms with Gasteiger partial charge in [0.2, 0.25) is 0 Å². The molecule has 18 heavy (non-hydrogen) atoms. The van der Waals surface area contributed by atoms with Crippen molar-refractivity contribution in [1.29, 1.82) is 0 Å². The van der Waals surface area contributed by atoms with Crippen molar-refractivity contribution in [2.24, 2.45) is 5.92 Å². The molecule has 98 valence electrons. The smallest absolute Gasteiger partial charge is 0.0451 e. The summed E-state index contributed by atoms with van der Waals surface area (Å²) in [4.78, 5) is 2.54. The minimum atomic E-state index is 0.763. The highest BCUT2D eigenvalue weighted by atomic mass is 79.9. The number of fused-ring (bicyclic) bond motifs is 1. The van der Waals surface area contributed by atoms with E-state index in [0.717, 1.165) is 28.0 Å². The van der Waals surface area contributed by atoms with Crippen LogP contribution in [-0.2, 0) is 6.54 Å². The van der Waals surface area contributed by atoms with Gasteiger partial charge in [0, 0.05) is 28.6 Å². The van der Waals surface area contributed by atoms with Crippen LogP contribution < -0.4 is 5.32 Å². The lowest BCUT2D eigenvalue weighted by Crippen LogP contribution is -2.43. The molecule has 0 radical (unpaired) electrons. The highest BCUT2D eigenvalue weighted by molar-refractivity contribution is 9.10. The zero-order valence-corrected chi connectivity index (χ0v) is 12.7. The Morgan fingerprint density at radius 3 is 3.17 bits per heavy atom. The standard InChI is InChI=1S/C14H18BrClN2/c15-12-1-2-13(16)11(7-12)9-18-6-4-14-10(8-18)3-5-17-14/h1-2,7,10,14,17H,3-6,8-9H2. The van der Waals surface area contributed by atoms with Crippen LogP contribution in [0.25, 0.3) is 0 Å². The second kappa shape index (κ2) is 5.49. The monoisotopic (exact) mass is 328 g/mol. The van der Waals surface area contributed by atoms with E-state index in [0.29, 0.717) is 0 Å². The fourth-order valence-electron chi connectivity index (χ4n) is 3.17. The van der Waals surface area contributed by atoms with Crippen molar-refractivity contribution in [3.63, 3.8) is 0 Å². The summed E-state index contributed by atoms with van der Waals surface area (Å²) in [6.07, 6.45) is 2.60. The Bertz CT molecular complexity index is 438. The Hall–Kier alpha value is -0.0900. The van der Waals surface area contributed by atoms with Gasteiger partial charge in [0.25, 0.3) is 0 Å². The van der Waals surface area contributed by atoms with Crippen molar-refractivity contribution >= 4 is 27.5 Å². The first-order valence-corrected chi connectivity index (χ1v) is 7.79. The second-order valence-corrected chi connectivity index (χ2v) is 6.69. The van der Waals surface area contributed by atoms with E-state index < -0.39 is 0 Å². The third-order valence-corrected chi connectivity index (χ3v) is 5.00. The van der Waals surface area contributed by atoms with Gasteiger partial charge < -0.3 is 5.32 Å². The summed E-state index contributed by atoms with van der Waals surface area (Å²) in [5, 5.41) is 4.48. The van der Waals surface area contributed by atoms with Gasteiger partial charge in [-0.3, -0.25) is 4.90 Å². The van der Waals surface area contributed by atoms with Gasteiger partial charge in [0.1, 0.15) is 0 Å². The van der Waals surface area contributed by atoms with Crippen LogP contribution in [0, 0.1) is 5.92 Å². The van der Waals surface area contributed by atoms with Gasteiger partial charge in [0.05, 0.1) is 0 Å². The molecule has 1 aromatic rings. The zero-order valence-electron chi connectivity index (χ0n) is 10.3. The summed E-state index contributed by atoms with van der Waals surface area (Å²) in [7, 11) is 0. The van der Waals surface area contributed by atoms with Crippen molar-refractivity contribution in [2.45, 2.75) is 25.4 Å². The van der Waals surface area contributed by atoms with E-state index in [1.165, 1.54) is 38.0 Å². The molecule has 2 fully saturated rings. The number of hydrogen-bond donors (Lipinski definition) is 1. The molecule has 2 atom stereocenters. The van der Waals surface area contributed by atoms with Gasteiger partial charge in [-0.2, -0.15) is 0 Å². The first-order valence-electron chi connectivity index (χ1n) is 6.62. The van der Waals surface area contributed by atoms with Crippen LogP contribution in [0.4, 0.5) is 0 Å². The van der Waals surface area contributed by atoms with Gasteiger partial charge in [0.15, 0.2) is 0 Å². The number of likely N-dealkylation sites (tertiary alicyclic amines) is 1. The summed E-state index contributed by atoms with van der Waals surface area (Å²) in [5.74, 6) is 0.838. The van der Waals surface area contributed by atoms with Gasteiger partial charge >= 0.3 is 0 Å². The number of halogens is 2. The van der Waals surface area contributed by atoms with Crippen LogP contribution in [0.15, 0.2) is 22.7 Å². The molecule has 0 spiro atoms. The van der Waals surface area contributed by atoms with Crippen LogP contribution in [0.1, 0.15) is 18.4 Å². The van der Waals surface area contributed by atoms with Gasteiger partial charge in [-0.1, -0.05) is 27.5 Å². The molecule has 4 heteroatoms. The van der Waals surface area contributed by atoms with Gasteiger partial charge in [-0.15, -0.1) is 0 Å². The van der Waals surface area contributed by atoms with E-state index >= 15 is 0 Å². The summed E-state index contributed by atoms with van der Waals surface area (Å²) in [6, 6.07) is 6.88. The maximum atomic E-state index is 6.27. The first-order chi connectivity index (χ1) is 8.72. The molecule has 0 amide bonds. The molecular formula is C14H18BrClN2. The molecule has 2 heterocycles. The zero-order chi connectivity index (χ0) is 12.5. The average Bonchev–Trinajstić information content (AvgIpc) is 2.81. The lowest BCUT2D eigenvalue weighted by Gasteiger charge is -2.35. The van der Waals surface area contributed by atoms with E-state index in [9.17, 15) is 0 Å². The average molecular weight is 330 g/mol. The number of rotatable bonds is 2. The SMILES string of the molecule is Clc1ccc(Br)cc1CN1CCC2NCCC2C1. The Kier molecular flexibility index (Phi) is 3.94. The topological polar surface area (TPSA) is 15.3 Å². The maximum Gasteiger partial charge on any atom is 0.0451 e. The van der Waals surface area contributed by atoms with E-state index in [4.69, 9.17) is 11.6 Å². The number of piperidine rings is 1. The van der Waals surface area contributed by atoms with E-state index in [1.54, 1.807) is 0 Å². The molecule has 2 nitrogen and oxygen atoms in total. The van der Waals surface area contributed by atoms with Crippen molar-refractivity contribution in [3.05, 3.63) is 33.3 Å². The van der Waals surface area contributed by atoms with Crippen LogP contribution in [0.3, 0.4) is 0 Å². The highest BCUT2D eigenvalue weighted by Crippen LogP contribution is 2.28. The van der Waals surface area contributed by atoms with Crippen LogP contribution >= 0.6 is 27.5 Å². The molecule has 2 saturated heterocycles. The quantitative estimate of drug-likeness (QED) is 0.896. The van der Waals surface area contributed by atoms with Gasteiger partial charge in [-0.05, 0) is 55.6 Å². The fourth-order valence-corrected chi connectivity index (χ4v) is 3.76. The summed E-state index contributed by atoms with van der Waals surface area (Å²) in [5.41, 5.74) is 1.23. The summed E-state index contributed by atoms with van der Waals surface area (Å²) >= 11 is 9.79. The maximum absolute atomic E-state index is 6.27. The molecule has 0 aliphatic carbocycles. The Balaban J connectivity index is 1.67. The largest absolute Gasteiger partial charge is 0.314 e. The fraction of sp³-hybridized carbons (Fsp3) is 0.571. The van der Waals surface area contributed by atoms with E-state index in [-0.39, 0.29) is 0 Å². The lowest BCUT2D eigenvalue weighted by molar-refractivity contribution is 0.156. The Morgan fingerprint density at radius 1 is 1.39 bits per heavy atom. The Morgan fingerprint density at radius 2 is 2.28 bits per heavy atom. The second-order valence-electron chi connectivity index (χ2n) is 5.37. The van der Waals surface area contributed by atoms with Crippen molar-refractivity contribution in [1.82, 2.24) is 10.2 Å². The van der Waals surface area contributed by atoms with Crippen LogP contribution in [0.5, 0.6) is 0 Å². The molecule has 0 aromatic heterocycles. The molecule has 1 N–H and O–H groups in total. The van der Waals surface area contributed by atoms with Crippen LogP contribution in [-0.4, -0.2) is 30.6 Å². The number of nitrogens with one attached hydrogen (secondary N) is 1. The minimum Gasteiger partial charge on any atom is -0.314 e. The molecule has 2 aliphatic heterocycles. The number of benzene rings is 1. The molecule has 2 unspecified atom stereocenters. The van der Waals surface area contributed by atoms with E-state index in [2.05, 4.69) is 32.2 Å². The third kappa shape index (κ3) is 2.74. The van der Waals surface area contributed by atoms with Crippen molar-refractivity contribution < 1.29 is 0 Å². The summed E-state index contributed by atoms with van der Waals surface area (Å²) in [6.45, 7) is 4.56. The molecular weight excluding hydrogens is 312 g/mol. The minimum absolute atomic E-state index is 0.763. The predicted octanol–water partition coefficient (Wildman–Crippen LogP) is 3.29. The normalized spacial score (nSPS) is 28.3. The van der Waals surface area contributed by atoms with Crippen molar-refractivity contribution in [2.75, 3.05) is 19.6 Å². The first kappa shape index (κ1) is 12.9. The molecule has 0 saturated carbocycles. The molecule has 3 rings (SSSR count). The van der Waals surface area contributed by atoms with E-state index in [1.807, 2.05) is 12.1 Å². The number of hydrogen-bond acceptors (Lipinski definition) is 2. The van der Waals surface area contributed by atoms with Crippen molar-refractivity contribution in [3.8, 4) is 0 Å². The predicted molar refractivity (Wildman–Crippen MR) is 78.9 cm³/mol. The lowest BCUT2D eigenvalue weighted by atomic mass is 9.93. The summed E-state index contributed by atoms with van der Waals surface area (Å²) < 4.78 is 1.11. The molecule has 0 bridgehead atoms. The third-order valence-electron chi connectivity index (χ3n) is 4.14. The van der Waals surface area contributed by atoms with Crippen LogP contribution in [0.2, 0.25) is 5.02 Å². The molecule has 2 aliphatic rings.